The number of fused-ring (bicyclic) bond motifs is 1. The van der Waals surface area contributed by atoms with E-state index in [1.807, 2.05) is 28.9 Å². The molecule has 1 aromatic carbocycles. The number of carbonyl (C=O) groups is 1. The molecule has 2 aliphatic rings. The Labute approximate surface area is 204 Å². The number of aliphatic hydroxyl groups is 1. The number of hydrogen-bond donors (Lipinski definition) is 1. The van der Waals surface area contributed by atoms with Gasteiger partial charge in [-0.2, -0.15) is 5.10 Å². The van der Waals surface area contributed by atoms with Gasteiger partial charge in [0.15, 0.2) is 5.65 Å². The molecule has 1 N–H and O–H groups in total. The lowest BCUT2D eigenvalue weighted by Crippen LogP contribution is -2.38. The van der Waals surface area contributed by atoms with E-state index in [1.54, 1.807) is 12.0 Å². The van der Waals surface area contributed by atoms with Crippen molar-refractivity contribution in [1.82, 2.24) is 19.5 Å². The molecule has 1 amide bonds. The summed E-state index contributed by atoms with van der Waals surface area (Å²) in [5.41, 5.74) is 5.27. The van der Waals surface area contributed by atoms with E-state index in [0.717, 1.165) is 54.2 Å². The molecule has 0 unspecified atom stereocenters. The maximum absolute atomic E-state index is 11.9. The van der Waals surface area contributed by atoms with Crippen LogP contribution in [0.3, 0.4) is 0 Å². The first-order chi connectivity index (χ1) is 17.1. The molecule has 186 valence electrons. The highest BCUT2D eigenvalue weighted by Crippen LogP contribution is 2.34. The van der Waals surface area contributed by atoms with Crippen molar-refractivity contribution in [2.24, 2.45) is 0 Å². The first kappa shape index (κ1) is 23.4. The lowest BCUT2D eigenvalue weighted by atomic mass is 9.94. The van der Waals surface area contributed by atoms with Crippen LogP contribution < -0.4 is 9.64 Å². The molecule has 2 aliphatic heterocycles. The lowest BCUT2D eigenvalue weighted by molar-refractivity contribution is 0.112. The maximum atomic E-state index is 11.9. The number of likely N-dealkylation sites (tertiary alicyclic amines) is 1. The molecular weight excluding hydrogens is 450 g/mol. The zero-order valence-corrected chi connectivity index (χ0v) is 20.1. The number of benzene rings is 1. The van der Waals surface area contributed by atoms with Crippen LogP contribution in [0.4, 0.5) is 10.5 Å². The van der Waals surface area contributed by atoms with E-state index in [-0.39, 0.29) is 18.6 Å². The van der Waals surface area contributed by atoms with Crippen LogP contribution in [0.1, 0.15) is 30.0 Å². The number of aromatic nitrogens is 3. The second-order valence-corrected chi connectivity index (χ2v) is 8.85. The van der Waals surface area contributed by atoms with Crippen LogP contribution in [0.5, 0.6) is 5.75 Å². The van der Waals surface area contributed by atoms with Gasteiger partial charge in [0.1, 0.15) is 5.75 Å². The summed E-state index contributed by atoms with van der Waals surface area (Å²) in [7, 11) is 3.01. The highest BCUT2D eigenvalue weighted by atomic mass is 16.5. The van der Waals surface area contributed by atoms with Crippen LogP contribution in [0, 0.1) is 0 Å². The number of hydrogen-bond acceptors (Lipinski definition) is 8. The molecule has 10 nitrogen and oxygen atoms in total. The highest BCUT2D eigenvalue weighted by molar-refractivity contribution is 5.76. The van der Waals surface area contributed by atoms with E-state index in [0.29, 0.717) is 37.6 Å². The van der Waals surface area contributed by atoms with Gasteiger partial charge in [0, 0.05) is 43.2 Å². The van der Waals surface area contributed by atoms with Crippen molar-refractivity contribution in [3.8, 4) is 17.0 Å². The fourth-order valence-electron chi connectivity index (χ4n) is 4.97. The molecule has 5 rings (SSSR count). The Kier molecular flexibility index (Phi) is 6.74. The fourth-order valence-corrected chi connectivity index (χ4v) is 4.97. The molecule has 10 heteroatoms. The molecule has 0 spiro atoms. The van der Waals surface area contributed by atoms with E-state index < -0.39 is 0 Å². The summed E-state index contributed by atoms with van der Waals surface area (Å²) in [5, 5.41) is 14.8. The Morgan fingerprint density at radius 1 is 1.14 bits per heavy atom. The molecule has 0 saturated carbocycles. The van der Waals surface area contributed by atoms with Crippen LogP contribution in [-0.4, -0.2) is 84.3 Å². The summed E-state index contributed by atoms with van der Waals surface area (Å²) in [4.78, 5) is 20.7. The Hall–Kier alpha value is -3.37. The number of anilines is 1. The van der Waals surface area contributed by atoms with Gasteiger partial charge in [-0.3, -0.25) is 0 Å². The van der Waals surface area contributed by atoms with Crippen molar-refractivity contribution in [2.75, 3.05) is 58.5 Å². The molecular formula is C25H31N5O5. The zero-order chi connectivity index (χ0) is 24.4. The largest absolute Gasteiger partial charge is 0.496 e. The van der Waals surface area contributed by atoms with Crippen molar-refractivity contribution < 1.29 is 24.1 Å². The average Bonchev–Trinajstić information content (AvgIpc) is 3.36. The van der Waals surface area contributed by atoms with Crippen molar-refractivity contribution in [2.45, 2.75) is 25.4 Å². The van der Waals surface area contributed by atoms with Crippen LogP contribution >= 0.6 is 0 Å². The molecule has 4 heterocycles. The molecule has 0 bridgehead atoms. The smallest absolute Gasteiger partial charge is 0.409 e. The monoisotopic (exact) mass is 481 g/mol. The minimum atomic E-state index is -0.282. The van der Waals surface area contributed by atoms with Gasteiger partial charge in [-0.1, -0.05) is 0 Å². The van der Waals surface area contributed by atoms with Crippen LogP contribution in [0.15, 0.2) is 30.5 Å². The summed E-state index contributed by atoms with van der Waals surface area (Å²) in [6, 6.07) is 7.81. The molecule has 0 aliphatic carbocycles. The Morgan fingerprint density at radius 3 is 2.60 bits per heavy atom. The van der Waals surface area contributed by atoms with Crippen LogP contribution in [0.2, 0.25) is 0 Å². The number of piperidine rings is 1. The number of carbonyl (C=O) groups excluding carboxylic acids is 1. The number of amides is 1. The Balaban J connectivity index is 1.56. The standard InChI is InChI=1S/C25H31N5O5/c1-33-23-4-3-18(13-19(23)16-31)20-14-21(28-9-11-35-12-10-28)24-26-15-22(30(24)27-20)17-5-7-29(8-6-17)25(32)34-2/h3-4,13-15,17,31H,5-12,16H2,1-2H3. The lowest BCUT2D eigenvalue weighted by Gasteiger charge is -2.31. The van der Waals surface area contributed by atoms with Gasteiger partial charge in [0.05, 0.1) is 57.3 Å². The number of imidazole rings is 1. The van der Waals surface area contributed by atoms with Crippen molar-refractivity contribution in [3.63, 3.8) is 0 Å². The first-order valence-electron chi connectivity index (χ1n) is 11.9. The van der Waals surface area contributed by atoms with Gasteiger partial charge in [-0.25, -0.2) is 14.3 Å². The summed E-state index contributed by atoms with van der Waals surface area (Å²) >= 11 is 0. The minimum absolute atomic E-state index is 0.120. The average molecular weight is 482 g/mol. The third-order valence-corrected chi connectivity index (χ3v) is 6.92. The van der Waals surface area contributed by atoms with Crippen LogP contribution in [0.25, 0.3) is 16.9 Å². The number of ether oxygens (including phenoxy) is 3. The Bertz CT molecular complexity index is 1200. The molecule has 0 atom stereocenters. The van der Waals surface area contributed by atoms with Crippen molar-refractivity contribution >= 4 is 17.4 Å². The van der Waals surface area contributed by atoms with E-state index in [2.05, 4.69) is 11.0 Å². The molecule has 2 aromatic heterocycles. The van der Waals surface area contributed by atoms with E-state index in [9.17, 15) is 9.90 Å². The van der Waals surface area contributed by atoms with Gasteiger partial charge in [0.25, 0.3) is 0 Å². The topological polar surface area (TPSA) is 102 Å². The van der Waals surface area contributed by atoms with Crippen LogP contribution in [-0.2, 0) is 16.1 Å². The molecule has 2 saturated heterocycles. The summed E-state index contributed by atoms with van der Waals surface area (Å²) in [5.74, 6) is 0.876. The Morgan fingerprint density at radius 2 is 1.91 bits per heavy atom. The van der Waals surface area contributed by atoms with E-state index in [1.165, 1.54) is 7.11 Å². The summed E-state index contributed by atoms with van der Waals surface area (Å²) < 4.78 is 17.8. The van der Waals surface area contributed by atoms with Gasteiger partial charge < -0.3 is 29.1 Å². The number of methoxy groups -OCH3 is 2. The second-order valence-electron chi connectivity index (χ2n) is 8.85. The predicted octanol–water partition coefficient (Wildman–Crippen LogP) is 2.68. The van der Waals surface area contributed by atoms with Crippen molar-refractivity contribution in [1.29, 1.82) is 0 Å². The fraction of sp³-hybridized carbons (Fsp3) is 0.480. The van der Waals surface area contributed by atoms with Gasteiger partial charge in [-0.15, -0.1) is 0 Å². The van der Waals surface area contributed by atoms with Crippen molar-refractivity contribution in [3.05, 3.63) is 41.7 Å². The van der Waals surface area contributed by atoms with Gasteiger partial charge in [0.2, 0.25) is 0 Å². The second kappa shape index (κ2) is 10.1. The number of aliphatic hydroxyl groups excluding tert-OH is 1. The molecule has 0 radical (unpaired) electrons. The third-order valence-electron chi connectivity index (χ3n) is 6.92. The van der Waals surface area contributed by atoms with E-state index >= 15 is 0 Å². The number of nitrogens with zero attached hydrogens (tertiary/aromatic N) is 5. The molecule has 2 fully saturated rings. The quantitative estimate of drug-likeness (QED) is 0.594. The molecule has 35 heavy (non-hydrogen) atoms. The maximum Gasteiger partial charge on any atom is 0.409 e. The summed E-state index contributed by atoms with van der Waals surface area (Å²) in [6.45, 7) is 4.05. The van der Waals surface area contributed by atoms with Gasteiger partial charge >= 0.3 is 6.09 Å². The normalized spacial score (nSPS) is 17.1. The zero-order valence-electron chi connectivity index (χ0n) is 20.1. The predicted molar refractivity (Wildman–Crippen MR) is 130 cm³/mol. The minimum Gasteiger partial charge on any atom is -0.496 e. The third kappa shape index (κ3) is 4.51. The highest BCUT2D eigenvalue weighted by Gasteiger charge is 2.28. The summed E-state index contributed by atoms with van der Waals surface area (Å²) in [6.07, 6.45) is 3.27. The van der Waals surface area contributed by atoms with Gasteiger partial charge in [-0.05, 0) is 37.1 Å². The first-order valence-corrected chi connectivity index (χ1v) is 11.9. The SMILES string of the molecule is COC(=O)N1CCC(c2cnc3c(N4CCOCC4)cc(-c4ccc(OC)c(CO)c4)nn23)CC1. The molecule has 3 aromatic rings. The number of morpholine rings is 1. The van der Waals surface area contributed by atoms with E-state index in [4.69, 9.17) is 24.3 Å². The number of rotatable bonds is 5.